The van der Waals surface area contributed by atoms with Gasteiger partial charge in [0, 0.05) is 12.6 Å². The summed E-state index contributed by atoms with van der Waals surface area (Å²) in [5, 5.41) is 14.6. The third kappa shape index (κ3) is 2.98. The Kier molecular flexibility index (Phi) is 4.56. The average molecular weight is 374 g/mol. The fourth-order valence-electron chi connectivity index (χ4n) is 2.66. The second kappa shape index (κ2) is 6.71. The predicted molar refractivity (Wildman–Crippen MR) is 96.2 cm³/mol. The van der Waals surface area contributed by atoms with Gasteiger partial charge >= 0.3 is 11.3 Å². The molecule has 0 spiro atoms. The van der Waals surface area contributed by atoms with Gasteiger partial charge in [0.15, 0.2) is 11.5 Å². The standard InChI is InChI=1S/C17H19N5O5/c1-8(2)22-15-12(16(24)21(3)17(25)19-15)18-14(20-22)9-6-10(26-4)13(23)11(7-9)27-5/h6-8H,1-5H3,(H,20,23)/p+1. The molecule has 0 fully saturated rings. The molecule has 1 aromatic carbocycles. The monoisotopic (exact) mass is 374 g/mol. The highest BCUT2D eigenvalue weighted by atomic mass is 16.5. The van der Waals surface area contributed by atoms with E-state index >= 15 is 0 Å². The molecule has 2 aromatic heterocycles. The lowest BCUT2D eigenvalue weighted by atomic mass is 10.1. The summed E-state index contributed by atoms with van der Waals surface area (Å²) in [4.78, 5) is 31.5. The fourth-order valence-corrected chi connectivity index (χ4v) is 2.66. The highest BCUT2D eigenvalue weighted by molar-refractivity contribution is 5.70. The van der Waals surface area contributed by atoms with E-state index in [-0.39, 0.29) is 40.3 Å². The minimum atomic E-state index is -0.550. The molecular weight excluding hydrogens is 354 g/mol. The van der Waals surface area contributed by atoms with Gasteiger partial charge in [-0.05, 0) is 26.0 Å². The molecule has 142 valence electrons. The van der Waals surface area contributed by atoms with E-state index in [2.05, 4.69) is 15.1 Å². The van der Waals surface area contributed by atoms with Gasteiger partial charge in [0.05, 0.1) is 14.2 Å². The van der Waals surface area contributed by atoms with Crippen molar-refractivity contribution in [3.63, 3.8) is 0 Å². The number of nitrogens with zero attached hydrogens (tertiary/aromatic N) is 4. The van der Waals surface area contributed by atoms with Crippen molar-refractivity contribution < 1.29 is 19.3 Å². The van der Waals surface area contributed by atoms with E-state index in [0.717, 1.165) is 4.57 Å². The van der Waals surface area contributed by atoms with Gasteiger partial charge < -0.3 is 14.6 Å². The molecule has 3 aromatic rings. The minimum Gasteiger partial charge on any atom is -0.502 e. The van der Waals surface area contributed by atoms with Crippen LogP contribution in [-0.4, -0.2) is 39.0 Å². The molecule has 0 saturated heterocycles. The number of hydrogen-bond acceptors (Lipinski definition) is 7. The minimum absolute atomic E-state index is 0.0711. The SMILES string of the molecule is COc1cc(-c2nc3c(=O)n(C)c(=O)[nH]c3[n+](C(C)C)n2)cc(OC)c1O. The Bertz CT molecular complexity index is 1120. The van der Waals surface area contributed by atoms with E-state index in [0.29, 0.717) is 5.56 Å². The molecule has 0 bridgehead atoms. The molecule has 27 heavy (non-hydrogen) atoms. The van der Waals surface area contributed by atoms with E-state index < -0.39 is 11.2 Å². The summed E-state index contributed by atoms with van der Waals surface area (Å²) in [6.45, 7) is 3.73. The largest absolute Gasteiger partial charge is 0.502 e. The summed E-state index contributed by atoms with van der Waals surface area (Å²) < 4.78 is 12.8. The van der Waals surface area contributed by atoms with Crippen molar-refractivity contribution in [2.45, 2.75) is 19.9 Å². The maximum atomic E-state index is 12.6. The number of aromatic hydroxyl groups is 1. The number of phenolic OH excluding ortho intramolecular Hbond substituents is 1. The topological polar surface area (TPSA) is 123 Å². The third-order valence-electron chi connectivity index (χ3n) is 4.14. The van der Waals surface area contributed by atoms with Gasteiger partial charge in [0.2, 0.25) is 17.1 Å². The number of fused-ring (bicyclic) bond motifs is 1. The summed E-state index contributed by atoms with van der Waals surface area (Å²) in [6.07, 6.45) is 0. The van der Waals surface area contributed by atoms with Gasteiger partial charge in [-0.2, -0.15) is 4.98 Å². The van der Waals surface area contributed by atoms with Gasteiger partial charge in [-0.3, -0.25) is 4.79 Å². The molecular formula is C17H20N5O5+. The number of phenols is 1. The first kappa shape index (κ1) is 18.4. The van der Waals surface area contributed by atoms with E-state index in [1.165, 1.54) is 25.9 Å². The van der Waals surface area contributed by atoms with Crippen LogP contribution in [0.1, 0.15) is 19.9 Å². The number of hydrogen-bond donors (Lipinski definition) is 2. The Morgan fingerprint density at radius 3 is 2.30 bits per heavy atom. The van der Waals surface area contributed by atoms with Crippen molar-refractivity contribution in [3.05, 3.63) is 33.0 Å². The molecule has 3 rings (SSSR count). The fraction of sp³-hybridized carbons (Fsp3) is 0.353. The number of benzene rings is 1. The molecule has 0 aliphatic rings. The van der Waals surface area contributed by atoms with Crippen molar-refractivity contribution >= 4 is 11.2 Å². The zero-order chi connectivity index (χ0) is 19.9. The van der Waals surface area contributed by atoms with Gasteiger partial charge in [0.1, 0.15) is 6.04 Å². The van der Waals surface area contributed by atoms with Crippen LogP contribution in [0.2, 0.25) is 0 Å². The Morgan fingerprint density at radius 1 is 1.19 bits per heavy atom. The van der Waals surface area contributed by atoms with E-state index in [9.17, 15) is 14.7 Å². The smallest absolute Gasteiger partial charge is 0.416 e. The van der Waals surface area contributed by atoms with Crippen LogP contribution < -0.4 is 25.4 Å². The van der Waals surface area contributed by atoms with Crippen molar-refractivity contribution in [2.75, 3.05) is 14.2 Å². The number of ether oxygens (including phenoxy) is 2. The molecule has 0 atom stereocenters. The van der Waals surface area contributed by atoms with Gasteiger partial charge in [-0.25, -0.2) is 14.3 Å². The summed E-state index contributed by atoms with van der Waals surface area (Å²) in [5.41, 5.74) is -0.303. The van der Waals surface area contributed by atoms with Crippen molar-refractivity contribution in [1.29, 1.82) is 0 Å². The molecule has 10 heteroatoms. The van der Waals surface area contributed by atoms with Crippen LogP contribution in [0.3, 0.4) is 0 Å². The lowest BCUT2D eigenvalue weighted by molar-refractivity contribution is -0.749. The zero-order valence-corrected chi connectivity index (χ0v) is 15.6. The lowest BCUT2D eigenvalue weighted by Crippen LogP contribution is -2.46. The number of rotatable bonds is 4. The second-order valence-corrected chi connectivity index (χ2v) is 6.19. The Hall–Kier alpha value is -3.43. The Morgan fingerprint density at radius 2 is 1.78 bits per heavy atom. The molecule has 0 saturated carbocycles. The number of methoxy groups -OCH3 is 2. The normalized spacial score (nSPS) is 11.2. The Labute approximate surface area is 153 Å². The third-order valence-corrected chi connectivity index (χ3v) is 4.14. The summed E-state index contributed by atoms with van der Waals surface area (Å²) in [6, 6.07) is 2.93. The predicted octanol–water partition coefficient (Wildman–Crippen LogP) is 0.275. The molecule has 0 aliphatic carbocycles. The van der Waals surface area contributed by atoms with Crippen LogP contribution in [0.5, 0.6) is 17.2 Å². The summed E-state index contributed by atoms with van der Waals surface area (Å²) in [5.74, 6) is 0.426. The van der Waals surface area contributed by atoms with Crippen LogP contribution in [0, 0.1) is 0 Å². The average Bonchev–Trinajstić information content (AvgIpc) is 2.65. The van der Waals surface area contributed by atoms with Gasteiger partial charge in [-0.1, -0.05) is 5.10 Å². The number of aromatic amines is 1. The molecule has 0 radical (unpaired) electrons. The molecule has 10 nitrogen and oxygen atoms in total. The molecule has 2 N–H and O–H groups in total. The molecule has 0 unspecified atom stereocenters. The van der Waals surface area contributed by atoms with Crippen molar-refractivity contribution in [2.24, 2.45) is 7.05 Å². The van der Waals surface area contributed by atoms with Gasteiger partial charge in [0.25, 0.3) is 5.56 Å². The van der Waals surface area contributed by atoms with Crippen molar-refractivity contribution in [1.82, 2.24) is 19.6 Å². The van der Waals surface area contributed by atoms with Crippen LogP contribution in [-0.2, 0) is 7.05 Å². The van der Waals surface area contributed by atoms with E-state index in [1.54, 1.807) is 12.1 Å². The van der Waals surface area contributed by atoms with Crippen LogP contribution in [0.25, 0.3) is 22.6 Å². The summed E-state index contributed by atoms with van der Waals surface area (Å²) in [7, 11) is 4.19. The van der Waals surface area contributed by atoms with E-state index in [4.69, 9.17) is 9.47 Å². The van der Waals surface area contributed by atoms with Crippen LogP contribution >= 0.6 is 0 Å². The maximum absolute atomic E-state index is 12.6. The first-order valence-electron chi connectivity index (χ1n) is 8.16. The zero-order valence-electron chi connectivity index (χ0n) is 15.6. The highest BCUT2D eigenvalue weighted by Gasteiger charge is 2.23. The molecule has 2 heterocycles. The molecule has 0 aliphatic heterocycles. The Balaban J connectivity index is 2.40. The van der Waals surface area contributed by atoms with Crippen LogP contribution in [0.4, 0.5) is 0 Å². The molecule has 0 amide bonds. The maximum Gasteiger partial charge on any atom is 0.416 e. The number of aromatic nitrogens is 5. The van der Waals surface area contributed by atoms with Crippen LogP contribution in [0.15, 0.2) is 21.7 Å². The first-order valence-corrected chi connectivity index (χ1v) is 8.16. The number of nitrogens with one attached hydrogen (secondary N) is 1. The van der Waals surface area contributed by atoms with Crippen molar-refractivity contribution in [3.8, 4) is 28.6 Å². The van der Waals surface area contributed by atoms with Gasteiger partial charge in [-0.15, -0.1) is 4.68 Å². The lowest BCUT2D eigenvalue weighted by Gasteiger charge is -2.11. The van der Waals surface area contributed by atoms with E-state index in [1.807, 2.05) is 13.8 Å². The quantitative estimate of drug-likeness (QED) is 0.629. The number of H-pyrrole nitrogens is 1. The highest BCUT2D eigenvalue weighted by Crippen LogP contribution is 2.39. The summed E-state index contributed by atoms with van der Waals surface area (Å²) >= 11 is 0. The second-order valence-electron chi connectivity index (χ2n) is 6.19. The first-order chi connectivity index (χ1) is 12.8.